The van der Waals surface area contributed by atoms with Gasteiger partial charge in [0.05, 0.1) is 11.5 Å². The summed E-state index contributed by atoms with van der Waals surface area (Å²) in [5.74, 6) is 0.665. The minimum Gasteiger partial charge on any atom is -0.229 e. The van der Waals surface area contributed by atoms with E-state index in [-0.39, 0.29) is 0 Å². The summed E-state index contributed by atoms with van der Waals surface area (Å²) in [5.41, 5.74) is 1.08. The second kappa shape index (κ2) is 2.74. The molecule has 3 heteroatoms. The molecule has 1 fully saturated rings. The molecule has 0 saturated carbocycles. The molecule has 0 aromatic carbocycles. The molecule has 58 valence electrons. The molecule has 0 bridgehead atoms. The van der Waals surface area contributed by atoms with Gasteiger partial charge in [0.15, 0.2) is 9.84 Å². The van der Waals surface area contributed by atoms with Gasteiger partial charge in [-0.3, -0.25) is 0 Å². The van der Waals surface area contributed by atoms with Crippen LogP contribution in [0.4, 0.5) is 0 Å². The number of hydrogen-bond acceptors (Lipinski definition) is 2. The lowest BCUT2D eigenvalue weighted by Gasteiger charge is -1.94. The molecule has 0 aromatic rings. The number of allylic oxidation sites excluding steroid dienone is 1. The third-order valence-corrected chi connectivity index (χ3v) is 3.49. The third-order valence-electron chi connectivity index (χ3n) is 1.75. The Morgan fingerprint density at radius 1 is 1.20 bits per heavy atom. The summed E-state index contributed by atoms with van der Waals surface area (Å²) in [7, 11) is -2.71. The molecule has 0 atom stereocenters. The summed E-state index contributed by atoms with van der Waals surface area (Å²) in [6.45, 7) is 3.78. The maximum absolute atomic E-state index is 11.0. The smallest absolute Gasteiger partial charge is 0.150 e. The zero-order valence-corrected chi connectivity index (χ0v) is 6.78. The lowest BCUT2D eigenvalue weighted by Crippen LogP contribution is -2.07. The van der Waals surface area contributed by atoms with E-state index in [1.165, 1.54) is 0 Å². The predicted molar refractivity (Wildman–Crippen MR) is 41.6 cm³/mol. The van der Waals surface area contributed by atoms with Crippen molar-refractivity contribution in [3.05, 3.63) is 12.2 Å². The highest BCUT2D eigenvalue weighted by molar-refractivity contribution is 7.91. The Kier molecular flexibility index (Phi) is 2.14. The van der Waals surface area contributed by atoms with Crippen LogP contribution in [0.1, 0.15) is 19.3 Å². The van der Waals surface area contributed by atoms with E-state index in [2.05, 4.69) is 6.58 Å². The fourth-order valence-electron chi connectivity index (χ4n) is 1.07. The van der Waals surface area contributed by atoms with Gasteiger partial charge in [-0.05, 0) is 19.3 Å². The lowest BCUT2D eigenvalue weighted by molar-refractivity contribution is 0.596. The molecule has 1 heterocycles. The summed E-state index contributed by atoms with van der Waals surface area (Å²) in [5, 5.41) is 0. The Morgan fingerprint density at radius 2 is 1.90 bits per heavy atom. The Bertz CT molecular complexity index is 226. The number of hydrogen-bond donors (Lipinski definition) is 0. The van der Waals surface area contributed by atoms with Gasteiger partial charge in [-0.25, -0.2) is 8.42 Å². The van der Waals surface area contributed by atoms with E-state index in [0.717, 1.165) is 18.4 Å². The molecule has 2 nitrogen and oxygen atoms in total. The van der Waals surface area contributed by atoms with Crippen molar-refractivity contribution in [3.63, 3.8) is 0 Å². The van der Waals surface area contributed by atoms with E-state index >= 15 is 0 Å². The highest BCUT2D eigenvalue weighted by Crippen LogP contribution is 2.15. The molecular formula is C7H12O2S. The Labute approximate surface area is 61.9 Å². The molecule has 0 spiro atoms. The maximum atomic E-state index is 11.0. The first-order valence-electron chi connectivity index (χ1n) is 3.47. The zero-order chi connectivity index (χ0) is 7.61. The summed E-state index contributed by atoms with van der Waals surface area (Å²) in [6, 6.07) is 0. The van der Waals surface area contributed by atoms with Crippen LogP contribution in [-0.2, 0) is 9.84 Å². The van der Waals surface area contributed by atoms with Crippen LogP contribution in [0.15, 0.2) is 12.2 Å². The van der Waals surface area contributed by atoms with Crippen molar-refractivity contribution in [3.8, 4) is 0 Å². The van der Waals surface area contributed by atoms with Gasteiger partial charge < -0.3 is 0 Å². The van der Waals surface area contributed by atoms with Crippen molar-refractivity contribution in [1.82, 2.24) is 0 Å². The SMILES string of the molecule is C=C1CCCS(=O)(=O)CC1. The molecule has 0 radical (unpaired) electrons. The van der Waals surface area contributed by atoms with Crippen LogP contribution in [0, 0.1) is 0 Å². The van der Waals surface area contributed by atoms with E-state index in [4.69, 9.17) is 0 Å². The first-order valence-corrected chi connectivity index (χ1v) is 5.29. The largest absolute Gasteiger partial charge is 0.229 e. The molecule has 1 rings (SSSR count). The minimum absolute atomic E-state index is 0.311. The molecule has 1 aliphatic heterocycles. The summed E-state index contributed by atoms with van der Waals surface area (Å²) < 4.78 is 22.0. The van der Waals surface area contributed by atoms with Crippen LogP contribution in [0.3, 0.4) is 0 Å². The number of sulfone groups is 1. The van der Waals surface area contributed by atoms with Gasteiger partial charge in [-0.1, -0.05) is 12.2 Å². The molecule has 0 aliphatic carbocycles. The monoisotopic (exact) mass is 160 g/mol. The molecule has 1 saturated heterocycles. The summed E-state index contributed by atoms with van der Waals surface area (Å²) in [6.07, 6.45) is 2.32. The molecule has 10 heavy (non-hydrogen) atoms. The normalized spacial score (nSPS) is 25.8. The number of rotatable bonds is 0. The third kappa shape index (κ3) is 2.14. The fraction of sp³-hybridized carbons (Fsp3) is 0.714. The Morgan fingerprint density at radius 3 is 2.60 bits per heavy atom. The van der Waals surface area contributed by atoms with Crippen LogP contribution in [-0.4, -0.2) is 19.9 Å². The standard InChI is InChI=1S/C7H12O2S/c1-7-3-2-5-10(8,9)6-4-7/h1-6H2. The van der Waals surface area contributed by atoms with Crippen molar-refractivity contribution < 1.29 is 8.42 Å². The first kappa shape index (κ1) is 7.79. The van der Waals surface area contributed by atoms with Crippen LogP contribution in [0.25, 0.3) is 0 Å². The van der Waals surface area contributed by atoms with Crippen molar-refractivity contribution in [1.29, 1.82) is 0 Å². The van der Waals surface area contributed by atoms with Crippen molar-refractivity contribution in [2.75, 3.05) is 11.5 Å². The Balaban J connectivity index is 2.66. The average molecular weight is 160 g/mol. The van der Waals surface area contributed by atoms with E-state index in [1.807, 2.05) is 0 Å². The van der Waals surface area contributed by atoms with Crippen molar-refractivity contribution in [2.24, 2.45) is 0 Å². The van der Waals surface area contributed by atoms with Crippen molar-refractivity contribution in [2.45, 2.75) is 19.3 Å². The van der Waals surface area contributed by atoms with E-state index in [9.17, 15) is 8.42 Å². The molecule has 0 aromatic heterocycles. The van der Waals surface area contributed by atoms with Gasteiger partial charge in [-0.15, -0.1) is 0 Å². The first-order chi connectivity index (χ1) is 4.60. The highest BCUT2D eigenvalue weighted by atomic mass is 32.2. The van der Waals surface area contributed by atoms with Gasteiger partial charge in [0, 0.05) is 0 Å². The van der Waals surface area contributed by atoms with Crippen LogP contribution < -0.4 is 0 Å². The van der Waals surface area contributed by atoms with Gasteiger partial charge >= 0.3 is 0 Å². The van der Waals surface area contributed by atoms with Crippen LogP contribution in [0.5, 0.6) is 0 Å². The second-order valence-electron chi connectivity index (χ2n) is 2.76. The molecule has 0 amide bonds. The molecule has 1 aliphatic rings. The van der Waals surface area contributed by atoms with Gasteiger partial charge in [0.25, 0.3) is 0 Å². The molecular weight excluding hydrogens is 148 g/mol. The van der Waals surface area contributed by atoms with Gasteiger partial charge in [-0.2, -0.15) is 0 Å². The van der Waals surface area contributed by atoms with E-state index < -0.39 is 9.84 Å². The fourth-order valence-corrected chi connectivity index (χ4v) is 2.46. The maximum Gasteiger partial charge on any atom is 0.150 e. The van der Waals surface area contributed by atoms with Crippen LogP contribution >= 0.6 is 0 Å². The van der Waals surface area contributed by atoms with Crippen LogP contribution in [0.2, 0.25) is 0 Å². The second-order valence-corrected chi connectivity index (χ2v) is 5.06. The van der Waals surface area contributed by atoms with E-state index in [0.29, 0.717) is 17.9 Å². The zero-order valence-electron chi connectivity index (χ0n) is 5.97. The molecule has 0 unspecified atom stereocenters. The predicted octanol–water partition coefficient (Wildman–Crippen LogP) is 1.14. The topological polar surface area (TPSA) is 34.1 Å². The average Bonchev–Trinajstić information content (AvgIpc) is 1.94. The Hall–Kier alpha value is -0.310. The minimum atomic E-state index is -2.71. The summed E-state index contributed by atoms with van der Waals surface area (Å²) >= 11 is 0. The highest BCUT2D eigenvalue weighted by Gasteiger charge is 2.14. The van der Waals surface area contributed by atoms with Gasteiger partial charge in [0.2, 0.25) is 0 Å². The van der Waals surface area contributed by atoms with Gasteiger partial charge in [0.1, 0.15) is 0 Å². The van der Waals surface area contributed by atoms with Crippen molar-refractivity contribution >= 4 is 9.84 Å². The quantitative estimate of drug-likeness (QED) is 0.498. The molecule has 0 N–H and O–H groups in total. The summed E-state index contributed by atoms with van der Waals surface area (Å²) in [4.78, 5) is 0. The van der Waals surface area contributed by atoms with E-state index in [1.54, 1.807) is 0 Å². The lowest BCUT2D eigenvalue weighted by atomic mass is 10.1.